The molecule has 0 saturated heterocycles. The Morgan fingerprint density at radius 2 is 2.09 bits per heavy atom. The summed E-state index contributed by atoms with van der Waals surface area (Å²) < 4.78 is 1.00. The van der Waals surface area contributed by atoms with Gasteiger partial charge in [-0.25, -0.2) is 0 Å². The first-order valence-corrected chi connectivity index (χ1v) is 4.61. The van der Waals surface area contributed by atoms with E-state index in [4.69, 9.17) is 5.73 Å². The summed E-state index contributed by atoms with van der Waals surface area (Å²) in [5.74, 6) is 0.797. The van der Waals surface area contributed by atoms with E-state index in [-0.39, 0.29) is 0 Å². The van der Waals surface area contributed by atoms with E-state index >= 15 is 0 Å². The molecular weight excluding hydrogens is 202 g/mol. The Labute approximate surface area is 74.7 Å². The zero-order chi connectivity index (χ0) is 7.84. The van der Waals surface area contributed by atoms with Crippen molar-refractivity contribution in [3.63, 3.8) is 0 Å². The number of anilines is 1. The molecule has 1 aliphatic carbocycles. The second-order valence-corrected chi connectivity index (χ2v) is 3.91. The van der Waals surface area contributed by atoms with Gasteiger partial charge in [0.05, 0.1) is 0 Å². The van der Waals surface area contributed by atoms with Crippen LogP contribution in [0.25, 0.3) is 0 Å². The summed E-state index contributed by atoms with van der Waals surface area (Å²) in [5.41, 5.74) is 7.99. The predicted molar refractivity (Wildman–Crippen MR) is 50.5 cm³/mol. The largest absolute Gasteiger partial charge is 0.398 e. The van der Waals surface area contributed by atoms with Gasteiger partial charge in [-0.2, -0.15) is 0 Å². The minimum atomic E-state index is 0.797. The van der Waals surface area contributed by atoms with E-state index in [0.717, 1.165) is 16.1 Å². The maximum absolute atomic E-state index is 5.74. The molecule has 0 aromatic heterocycles. The van der Waals surface area contributed by atoms with E-state index in [1.165, 1.54) is 18.4 Å². The number of nitrogen functional groups attached to an aromatic ring is 1. The predicted octanol–water partition coefficient (Wildman–Crippen LogP) is 2.91. The van der Waals surface area contributed by atoms with Crippen LogP contribution < -0.4 is 5.73 Å². The number of hydrogen-bond donors (Lipinski definition) is 1. The van der Waals surface area contributed by atoms with Crippen LogP contribution in [0.5, 0.6) is 0 Å². The van der Waals surface area contributed by atoms with Gasteiger partial charge in [-0.05, 0) is 52.4 Å². The molecule has 0 unspecified atom stereocenters. The average Bonchev–Trinajstić information content (AvgIpc) is 2.77. The third-order valence-corrected chi connectivity index (χ3v) is 2.79. The van der Waals surface area contributed by atoms with Gasteiger partial charge < -0.3 is 5.73 Å². The highest BCUT2D eigenvalue weighted by Gasteiger charge is 2.23. The van der Waals surface area contributed by atoms with Gasteiger partial charge in [0, 0.05) is 10.2 Å². The summed E-state index contributed by atoms with van der Waals surface area (Å²) in [4.78, 5) is 0. The maximum atomic E-state index is 5.74. The van der Waals surface area contributed by atoms with Crippen LogP contribution in [-0.2, 0) is 0 Å². The highest BCUT2D eigenvalue weighted by Crippen LogP contribution is 2.41. The third kappa shape index (κ3) is 1.41. The Kier molecular flexibility index (Phi) is 1.64. The Hall–Kier alpha value is -0.500. The molecule has 2 N–H and O–H groups in total. The summed E-state index contributed by atoms with van der Waals surface area (Å²) in [6.07, 6.45) is 2.67. The topological polar surface area (TPSA) is 26.0 Å². The van der Waals surface area contributed by atoms with Crippen molar-refractivity contribution >= 4 is 21.6 Å². The van der Waals surface area contributed by atoms with E-state index in [2.05, 4.69) is 28.1 Å². The quantitative estimate of drug-likeness (QED) is 0.711. The molecule has 2 rings (SSSR count). The van der Waals surface area contributed by atoms with Crippen LogP contribution in [0.15, 0.2) is 22.7 Å². The minimum absolute atomic E-state index is 0.797. The smallest absolute Gasteiger partial charge is 0.0461 e. The number of nitrogens with two attached hydrogens (primary N) is 1. The fraction of sp³-hybridized carbons (Fsp3) is 0.333. The Morgan fingerprint density at radius 3 is 2.64 bits per heavy atom. The second-order valence-electron chi connectivity index (χ2n) is 3.06. The van der Waals surface area contributed by atoms with E-state index in [9.17, 15) is 0 Å². The monoisotopic (exact) mass is 211 g/mol. The molecule has 2 heteroatoms. The molecule has 0 bridgehead atoms. The molecule has 0 amide bonds. The second kappa shape index (κ2) is 2.52. The molecule has 11 heavy (non-hydrogen) atoms. The highest BCUT2D eigenvalue weighted by atomic mass is 79.9. The highest BCUT2D eigenvalue weighted by molar-refractivity contribution is 9.10. The lowest BCUT2D eigenvalue weighted by atomic mass is 10.1. The molecular formula is C9H10BrN. The molecule has 1 fully saturated rings. The molecule has 0 spiro atoms. The lowest BCUT2D eigenvalue weighted by Crippen LogP contribution is -1.88. The zero-order valence-corrected chi connectivity index (χ0v) is 7.76. The molecule has 58 valence electrons. The van der Waals surface area contributed by atoms with Gasteiger partial charge >= 0.3 is 0 Å². The number of benzene rings is 1. The third-order valence-electron chi connectivity index (χ3n) is 2.07. The van der Waals surface area contributed by atoms with E-state index in [0.29, 0.717) is 0 Å². The van der Waals surface area contributed by atoms with Gasteiger partial charge in [0.1, 0.15) is 0 Å². The van der Waals surface area contributed by atoms with Crippen molar-refractivity contribution in [1.82, 2.24) is 0 Å². The standard InChI is InChI=1S/C9H10BrN/c10-8-4-3-7(5-9(8)11)6-1-2-6/h3-6H,1-2,11H2. The summed E-state index contributed by atoms with van der Waals surface area (Å²) in [5, 5.41) is 0. The summed E-state index contributed by atoms with van der Waals surface area (Å²) in [6.45, 7) is 0. The molecule has 1 nitrogen and oxygen atoms in total. The van der Waals surface area contributed by atoms with Crippen molar-refractivity contribution in [3.05, 3.63) is 28.2 Å². The van der Waals surface area contributed by atoms with Crippen LogP contribution in [-0.4, -0.2) is 0 Å². The summed E-state index contributed by atoms with van der Waals surface area (Å²) in [7, 11) is 0. The van der Waals surface area contributed by atoms with Gasteiger partial charge in [0.15, 0.2) is 0 Å². The molecule has 1 aliphatic rings. The summed E-state index contributed by atoms with van der Waals surface area (Å²) >= 11 is 3.37. The number of rotatable bonds is 1. The fourth-order valence-corrected chi connectivity index (χ4v) is 1.48. The SMILES string of the molecule is Nc1cc(C2CC2)ccc1Br. The average molecular weight is 212 g/mol. The van der Waals surface area contributed by atoms with Gasteiger partial charge in [-0.3, -0.25) is 0 Å². The Balaban J connectivity index is 2.36. The lowest BCUT2D eigenvalue weighted by Gasteiger charge is -2.01. The van der Waals surface area contributed by atoms with Crippen LogP contribution in [0.3, 0.4) is 0 Å². The Morgan fingerprint density at radius 1 is 1.36 bits per heavy atom. The first kappa shape index (κ1) is 7.17. The zero-order valence-electron chi connectivity index (χ0n) is 6.18. The maximum Gasteiger partial charge on any atom is 0.0461 e. The van der Waals surface area contributed by atoms with Gasteiger partial charge in [0.25, 0.3) is 0 Å². The van der Waals surface area contributed by atoms with Crippen LogP contribution in [0, 0.1) is 0 Å². The Bertz CT molecular complexity index is 279. The number of halogens is 1. The molecule has 0 radical (unpaired) electrons. The molecule has 0 aliphatic heterocycles. The number of hydrogen-bond acceptors (Lipinski definition) is 1. The molecule has 1 aromatic carbocycles. The molecule has 0 heterocycles. The normalized spacial score (nSPS) is 16.8. The molecule has 0 atom stereocenters. The van der Waals surface area contributed by atoms with Crippen LogP contribution in [0.4, 0.5) is 5.69 Å². The van der Waals surface area contributed by atoms with Crippen LogP contribution in [0.2, 0.25) is 0 Å². The van der Waals surface area contributed by atoms with Crippen molar-refractivity contribution in [2.45, 2.75) is 18.8 Å². The van der Waals surface area contributed by atoms with Crippen molar-refractivity contribution in [2.75, 3.05) is 5.73 Å². The fourth-order valence-electron chi connectivity index (χ4n) is 1.23. The van der Waals surface area contributed by atoms with Gasteiger partial charge in [-0.15, -0.1) is 0 Å². The first-order chi connectivity index (χ1) is 5.27. The van der Waals surface area contributed by atoms with Crippen molar-refractivity contribution in [3.8, 4) is 0 Å². The van der Waals surface area contributed by atoms with Crippen molar-refractivity contribution in [1.29, 1.82) is 0 Å². The lowest BCUT2D eigenvalue weighted by molar-refractivity contribution is 1.13. The van der Waals surface area contributed by atoms with Crippen LogP contribution in [0.1, 0.15) is 24.3 Å². The molecule has 1 saturated carbocycles. The van der Waals surface area contributed by atoms with E-state index in [1.807, 2.05) is 6.07 Å². The van der Waals surface area contributed by atoms with Crippen molar-refractivity contribution < 1.29 is 0 Å². The van der Waals surface area contributed by atoms with Crippen LogP contribution >= 0.6 is 15.9 Å². The van der Waals surface area contributed by atoms with Gasteiger partial charge in [-0.1, -0.05) is 6.07 Å². The van der Waals surface area contributed by atoms with E-state index < -0.39 is 0 Å². The minimum Gasteiger partial charge on any atom is -0.398 e. The first-order valence-electron chi connectivity index (χ1n) is 3.82. The summed E-state index contributed by atoms with van der Waals surface area (Å²) in [6, 6.07) is 6.25. The van der Waals surface area contributed by atoms with Gasteiger partial charge in [0.2, 0.25) is 0 Å². The molecule has 1 aromatic rings. The van der Waals surface area contributed by atoms with E-state index in [1.54, 1.807) is 0 Å². The van der Waals surface area contributed by atoms with Crippen molar-refractivity contribution in [2.24, 2.45) is 0 Å².